The van der Waals surface area contributed by atoms with Crippen LogP contribution in [0.3, 0.4) is 0 Å². The predicted octanol–water partition coefficient (Wildman–Crippen LogP) is 5.61. The first-order valence-electron chi connectivity index (χ1n) is 14.0. The summed E-state index contributed by atoms with van der Waals surface area (Å²) in [6.45, 7) is 4.01. The van der Waals surface area contributed by atoms with Crippen molar-refractivity contribution in [3.8, 4) is 11.1 Å². The Kier molecular flexibility index (Phi) is 9.51. The molecule has 3 heterocycles. The highest BCUT2D eigenvalue weighted by Crippen LogP contribution is 2.28. The van der Waals surface area contributed by atoms with Gasteiger partial charge >= 0.3 is 6.09 Å². The van der Waals surface area contributed by atoms with Crippen molar-refractivity contribution < 1.29 is 23.2 Å². The molecule has 214 valence electrons. The Balaban J connectivity index is 1.01. The number of ether oxygens (including phenoxy) is 1. The number of carbonyl (C=O) groups is 2. The van der Waals surface area contributed by atoms with Crippen molar-refractivity contribution in [2.75, 3.05) is 38.5 Å². The van der Waals surface area contributed by atoms with E-state index in [0.29, 0.717) is 31.2 Å². The highest BCUT2D eigenvalue weighted by atomic mass is 16.6. The van der Waals surface area contributed by atoms with E-state index in [1.54, 1.807) is 24.3 Å². The van der Waals surface area contributed by atoms with Crippen LogP contribution in [-0.2, 0) is 17.8 Å². The Morgan fingerprint density at radius 2 is 1.68 bits per heavy atom. The van der Waals surface area contributed by atoms with Gasteiger partial charge in [0.1, 0.15) is 17.6 Å². The number of piperidine rings is 1. The fraction of sp³-hybridized carbons (Fsp3) is 0.312. The van der Waals surface area contributed by atoms with Gasteiger partial charge < -0.3 is 28.7 Å². The summed E-state index contributed by atoms with van der Waals surface area (Å²) in [6.07, 6.45) is 2.55. The average Bonchev–Trinajstić information content (AvgIpc) is 3.70. The number of furan rings is 2. The van der Waals surface area contributed by atoms with E-state index < -0.39 is 6.09 Å². The summed E-state index contributed by atoms with van der Waals surface area (Å²) >= 11 is 0. The van der Waals surface area contributed by atoms with Gasteiger partial charge in [-0.25, -0.2) is 4.79 Å². The molecule has 1 aliphatic heterocycles. The summed E-state index contributed by atoms with van der Waals surface area (Å²) in [5.41, 5.74) is 2.71. The maximum atomic E-state index is 12.8. The van der Waals surface area contributed by atoms with E-state index in [2.05, 4.69) is 15.5 Å². The molecule has 1 aliphatic rings. The Labute approximate surface area is 240 Å². The van der Waals surface area contributed by atoms with Gasteiger partial charge in [0.25, 0.3) is 5.91 Å². The van der Waals surface area contributed by atoms with E-state index in [0.717, 1.165) is 55.1 Å². The summed E-state index contributed by atoms with van der Waals surface area (Å²) in [4.78, 5) is 29.5. The largest absolute Gasteiger partial charge is 0.468 e. The number of anilines is 1. The fourth-order valence-electron chi connectivity index (χ4n) is 4.89. The van der Waals surface area contributed by atoms with Gasteiger partial charge in [-0.05, 0) is 48.7 Å². The second-order valence-electron chi connectivity index (χ2n) is 10.2. The van der Waals surface area contributed by atoms with Gasteiger partial charge in [-0.2, -0.15) is 0 Å². The van der Waals surface area contributed by atoms with Gasteiger partial charge in [-0.15, -0.1) is 0 Å². The van der Waals surface area contributed by atoms with Gasteiger partial charge in [-0.3, -0.25) is 10.1 Å². The number of para-hydroxylation sites is 1. The van der Waals surface area contributed by atoms with Crippen molar-refractivity contribution in [3.63, 3.8) is 0 Å². The number of likely N-dealkylation sites (N-methyl/N-ethyl adjacent to an activating group) is 1. The lowest BCUT2D eigenvalue weighted by atomic mass is 10.0. The van der Waals surface area contributed by atoms with E-state index >= 15 is 0 Å². The molecule has 2 N–H and O–H groups in total. The number of carbonyl (C=O) groups excluding carboxylic acids is 2. The van der Waals surface area contributed by atoms with E-state index in [-0.39, 0.29) is 12.0 Å². The molecule has 2 aromatic heterocycles. The molecule has 0 atom stereocenters. The predicted molar refractivity (Wildman–Crippen MR) is 156 cm³/mol. The van der Waals surface area contributed by atoms with Crippen molar-refractivity contribution in [2.45, 2.75) is 32.0 Å². The monoisotopic (exact) mass is 556 g/mol. The van der Waals surface area contributed by atoms with Crippen LogP contribution in [0, 0.1) is 0 Å². The maximum Gasteiger partial charge on any atom is 0.411 e. The van der Waals surface area contributed by atoms with Crippen LogP contribution in [0.2, 0.25) is 0 Å². The minimum absolute atomic E-state index is 0.141. The van der Waals surface area contributed by atoms with E-state index in [9.17, 15) is 9.59 Å². The maximum absolute atomic E-state index is 12.8. The molecule has 4 aromatic rings. The third kappa shape index (κ3) is 7.87. The van der Waals surface area contributed by atoms with Crippen LogP contribution in [0.15, 0.2) is 94.0 Å². The fourth-order valence-corrected chi connectivity index (χ4v) is 4.89. The third-order valence-corrected chi connectivity index (χ3v) is 7.21. The lowest BCUT2D eigenvalue weighted by Crippen LogP contribution is -2.42. The molecule has 1 saturated heterocycles. The molecule has 0 aliphatic carbocycles. The molecular weight excluding hydrogens is 520 g/mol. The van der Waals surface area contributed by atoms with Crippen molar-refractivity contribution >= 4 is 17.7 Å². The Morgan fingerprint density at radius 3 is 2.46 bits per heavy atom. The first kappa shape index (κ1) is 28.2. The van der Waals surface area contributed by atoms with Gasteiger partial charge in [0.05, 0.1) is 25.0 Å². The number of nitrogens with one attached hydrogen (secondary N) is 2. The molecule has 9 heteroatoms. The molecule has 1 fully saturated rings. The minimum atomic E-state index is -0.439. The first-order valence-corrected chi connectivity index (χ1v) is 14.0. The highest BCUT2D eigenvalue weighted by Gasteiger charge is 2.24. The van der Waals surface area contributed by atoms with Crippen LogP contribution < -0.4 is 10.6 Å². The number of hydrogen-bond acceptors (Lipinski definition) is 7. The normalized spacial score (nSPS) is 14.1. The number of benzene rings is 2. The number of nitrogens with zero attached hydrogens (tertiary/aromatic N) is 2. The Morgan fingerprint density at radius 1 is 0.927 bits per heavy atom. The molecule has 0 bridgehead atoms. The molecule has 2 amide bonds. The van der Waals surface area contributed by atoms with Gasteiger partial charge in [0, 0.05) is 38.8 Å². The van der Waals surface area contributed by atoms with Crippen molar-refractivity contribution in [3.05, 3.63) is 102 Å². The second kappa shape index (κ2) is 13.8. The summed E-state index contributed by atoms with van der Waals surface area (Å²) in [6, 6.07) is 24.9. The molecule has 9 nitrogen and oxygen atoms in total. The zero-order valence-corrected chi connectivity index (χ0v) is 23.3. The van der Waals surface area contributed by atoms with Gasteiger partial charge in [0.15, 0.2) is 5.76 Å². The van der Waals surface area contributed by atoms with Crippen LogP contribution in [0.4, 0.5) is 10.5 Å². The summed E-state index contributed by atoms with van der Waals surface area (Å²) < 4.78 is 16.8. The number of likely N-dealkylation sites (tertiary alicyclic amines) is 1. The Bertz CT molecular complexity index is 1390. The molecule has 41 heavy (non-hydrogen) atoms. The lowest BCUT2D eigenvalue weighted by molar-refractivity contribution is 0.0534. The molecular formula is C32H36N4O5. The number of amides is 2. The van der Waals surface area contributed by atoms with Crippen molar-refractivity contribution in [1.82, 2.24) is 15.1 Å². The average molecular weight is 557 g/mol. The van der Waals surface area contributed by atoms with Crippen molar-refractivity contribution in [1.29, 1.82) is 0 Å². The number of rotatable bonds is 11. The van der Waals surface area contributed by atoms with E-state index in [1.807, 2.05) is 72.8 Å². The molecule has 5 rings (SSSR count). The summed E-state index contributed by atoms with van der Waals surface area (Å²) in [5, 5.41) is 6.15. The molecule has 0 saturated carbocycles. The van der Waals surface area contributed by atoms with Crippen LogP contribution >= 0.6 is 0 Å². The van der Waals surface area contributed by atoms with Crippen LogP contribution in [-0.4, -0.2) is 61.1 Å². The van der Waals surface area contributed by atoms with Crippen molar-refractivity contribution in [2.24, 2.45) is 0 Å². The summed E-state index contributed by atoms with van der Waals surface area (Å²) in [5.74, 6) is 1.72. The van der Waals surface area contributed by atoms with E-state index in [1.165, 1.54) is 0 Å². The van der Waals surface area contributed by atoms with Crippen LogP contribution in [0.5, 0.6) is 0 Å². The standard InChI is InChI=1S/C32H36N4O5/c1-35(31(37)30-14-13-27(40-30)23-33-22-26-10-7-21-39-26)19-20-36-17-15-25(16-18-36)41-32(38)34-29-12-6-5-11-28(29)24-8-3-2-4-9-24/h2-14,21,25,33H,15-20,22-23H2,1H3,(H,34,38). The SMILES string of the molecule is CN(CCN1CCC(OC(=O)Nc2ccccc2-c2ccccc2)CC1)C(=O)c1ccc(CNCc2ccco2)o1. The summed E-state index contributed by atoms with van der Waals surface area (Å²) in [7, 11) is 1.78. The molecule has 0 unspecified atom stereocenters. The second-order valence-corrected chi connectivity index (χ2v) is 10.2. The van der Waals surface area contributed by atoms with Crippen LogP contribution in [0.25, 0.3) is 11.1 Å². The smallest absolute Gasteiger partial charge is 0.411 e. The molecule has 2 aromatic carbocycles. The third-order valence-electron chi connectivity index (χ3n) is 7.21. The number of hydrogen-bond donors (Lipinski definition) is 2. The minimum Gasteiger partial charge on any atom is -0.468 e. The lowest BCUT2D eigenvalue weighted by Gasteiger charge is -2.32. The van der Waals surface area contributed by atoms with Gasteiger partial charge in [-0.1, -0.05) is 48.5 Å². The zero-order chi connectivity index (χ0) is 28.4. The van der Waals surface area contributed by atoms with Crippen LogP contribution in [0.1, 0.15) is 34.9 Å². The van der Waals surface area contributed by atoms with E-state index in [4.69, 9.17) is 13.6 Å². The molecule has 0 radical (unpaired) electrons. The Hall–Kier alpha value is -4.34. The highest BCUT2D eigenvalue weighted by molar-refractivity contribution is 5.92. The topological polar surface area (TPSA) is 100 Å². The first-order chi connectivity index (χ1) is 20.0. The zero-order valence-electron chi connectivity index (χ0n) is 23.3. The quantitative estimate of drug-likeness (QED) is 0.248. The molecule has 0 spiro atoms. The van der Waals surface area contributed by atoms with Gasteiger partial charge in [0.2, 0.25) is 0 Å².